The molecular weight excluding hydrogens is 444 g/mol. The Morgan fingerprint density at radius 3 is 2.29 bits per heavy atom. The predicted molar refractivity (Wildman–Crippen MR) is 137 cm³/mol. The van der Waals surface area contributed by atoms with Crippen molar-refractivity contribution in [2.24, 2.45) is 0 Å². The molecule has 0 bridgehead atoms. The van der Waals surface area contributed by atoms with Gasteiger partial charge in [-0.2, -0.15) is 0 Å². The van der Waals surface area contributed by atoms with Gasteiger partial charge in [-0.15, -0.1) is 0 Å². The zero-order valence-electron chi connectivity index (χ0n) is 21.0. The fourth-order valence-electron chi connectivity index (χ4n) is 4.20. The minimum atomic E-state index is -0.967. The Morgan fingerprint density at radius 1 is 1.14 bits per heavy atom. The number of allylic oxidation sites excluding steroid dienone is 4. The number of benzene rings is 1. The maximum atomic E-state index is 11.8. The normalized spacial score (nSPS) is 15.7. The zero-order valence-corrected chi connectivity index (χ0v) is 21.0. The van der Waals surface area contributed by atoms with E-state index in [9.17, 15) is 14.4 Å². The van der Waals surface area contributed by atoms with E-state index in [2.05, 4.69) is 41.8 Å². The number of rotatable bonds is 11. The number of amides is 1. The molecule has 1 unspecified atom stereocenters. The minimum Gasteiger partial charge on any atom is -0.480 e. The second-order valence-electron chi connectivity index (χ2n) is 8.97. The maximum Gasteiger partial charge on any atom is 0.323 e. The van der Waals surface area contributed by atoms with Crippen LogP contribution in [-0.4, -0.2) is 59.6 Å². The van der Waals surface area contributed by atoms with Crippen molar-refractivity contribution in [3.05, 3.63) is 71.3 Å². The Morgan fingerprint density at radius 2 is 1.77 bits per heavy atom. The number of nitrogens with one attached hydrogen (secondary N) is 1. The van der Waals surface area contributed by atoms with Crippen molar-refractivity contribution in [3.8, 4) is 0 Å². The molecule has 0 fully saturated rings. The van der Waals surface area contributed by atoms with Crippen LogP contribution in [0.1, 0.15) is 52.0 Å². The molecule has 7 heteroatoms. The van der Waals surface area contributed by atoms with Gasteiger partial charge in [0, 0.05) is 12.1 Å². The van der Waals surface area contributed by atoms with Crippen LogP contribution >= 0.6 is 0 Å². The molecule has 7 nitrogen and oxygen atoms in total. The average Bonchev–Trinajstić information content (AvgIpc) is 3.11. The molecule has 0 saturated heterocycles. The lowest BCUT2D eigenvalue weighted by Gasteiger charge is -2.23. The van der Waals surface area contributed by atoms with E-state index < -0.39 is 5.97 Å². The van der Waals surface area contributed by atoms with Crippen molar-refractivity contribution in [2.75, 3.05) is 13.2 Å². The number of aryl methyl sites for hydroxylation is 1. The molecule has 1 atom stereocenters. The molecule has 1 aromatic rings. The van der Waals surface area contributed by atoms with E-state index in [1.54, 1.807) is 0 Å². The summed E-state index contributed by atoms with van der Waals surface area (Å²) in [4.78, 5) is 34.8. The third-order valence-corrected chi connectivity index (χ3v) is 5.83. The highest BCUT2D eigenvalue weighted by atomic mass is 16.5. The summed E-state index contributed by atoms with van der Waals surface area (Å²) < 4.78 is 5.09. The first-order valence-electron chi connectivity index (χ1n) is 12.3. The van der Waals surface area contributed by atoms with E-state index in [-0.39, 0.29) is 30.6 Å². The first kappa shape index (κ1) is 28.1. The standard InChI is InChI=1S/C15H23NO2.C13H15NO3/c1-4-18-15(17)14(16-12(2)3)11-10-13-8-6-5-7-9-13;15-9-14(8-13(16)17)12-6-10-4-2-1-3-5-11(10)7-12/h5-9,12,14,16H,4,10-11H2,1-3H3;2-5,9,12H,1,6-8H2,(H,16,17). The lowest BCUT2D eigenvalue weighted by molar-refractivity contribution is -0.146. The SMILES string of the molecule is CCOC(=O)C(CCc1ccccc1)NC(C)C.O=CN(CC(=O)O)C1CC2=C(C=CCC=C2)C1. The predicted octanol–water partition coefficient (Wildman–Crippen LogP) is 4.05. The van der Waals surface area contributed by atoms with Gasteiger partial charge in [0.25, 0.3) is 0 Å². The second kappa shape index (κ2) is 14.9. The molecule has 35 heavy (non-hydrogen) atoms. The molecule has 2 aliphatic carbocycles. The maximum absolute atomic E-state index is 11.8. The summed E-state index contributed by atoms with van der Waals surface area (Å²) in [6, 6.07) is 10.2. The first-order chi connectivity index (χ1) is 16.8. The minimum absolute atomic E-state index is 0.0130. The van der Waals surface area contributed by atoms with Crippen LogP contribution in [0.5, 0.6) is 0 Å². The van der Waals surface area contributed by atoms with Gasteiger partial charge in [0.15, 0.2) is 0 Å². The summed E-state index contributed by atoms with van der Waals surface area (Å²) in [5.41, 5.74) is 3.69. The van der Waals surface area contributed by atoms with Crippen molar-refractivity contribution in [3.63, 3.8) is 0 Å². The molecule has 3 rings (SSSR count). The van der Waals surface area contributed by atoms with Gasteiger partial charge in [0.05, 0.1) is 6.61 Å². The summed E-state index contributed by atoms with van der Waals surface area (Å²) in [6.45, 7) is 6.12. The first-order valence-corrected chi connectivity index (χ1v) is 12.3. The number of hydrogen-bond acceptors (Lipinski definition) is 5. The third kappa shape index (κ3) is 9.91. The summed E-state index contributed by atoms with van der Waals surface area (Å²) >= 11 is 0. The molecule has 0 aromatic heterocycles. The number of aliphatic carboxylic acids is 1. The van der Waals surface area contributed by atoms with Crippen LogP contribution in [0.25, 0.3) is 0 Å². The fourth-order valence-corrected chi connectivity index (χ4v) is 4.20. The largest absolute Gasteiger partial charge is 0.480 e. The molecule has 2 aliphatic rings. The van der Waals surface area contributed by atoms with Crippen LogP contribution in [-0.2, 0) is 25.5 Å². The van der Waals surface area contributed by atoms with Crippen LogP contribution in [0.2, 0.25) is 0 Å². The van der Waals surface area contributed by atoms with Crippen LogP contribution < -0.4 is 5.32 Å². The van der Waals surface area contributed by atoms with E-state index in [0.717, 1.165) is 32.1 Å². The highest BCUT2D eigenvalue weighted by Crippen LogP contribution is 2.32. The molecule has 2 N–H and O–H groups in total. The van der Waals surface area contributed by atoms with E-state index in [1.165, 1.54) is 21.6 Å². The van der Waals surface area contributed by atoms with Gasteiger partial charge in [0.1, 0.15) is 12.6 Å². The number of carbonyl (C=O) groups excluding carboxylic acids is 2. The quantitative estimate of drug-likeness (QED) is 0.365. The van der Waals surface area contributed by atoms with E-state index >= 15 is 0 Å². The molecule has 1 aromatic carbocycles. The Labute approximate surface area is 208 Å². The monoisotopic (exact) mass is 482 g/mol. The van der Waals surface area contributed by atoms with E-state index in [4.69, 9.17) is 9.84 Å². The molecule has 190 valence electrons. The molecule has 0 heterocycles. The van der Waals surface area contributed by atoms with Gasteiger partial charge in [-0.1, -0.05) is 68.5 Å². The van der Waals surface area contributed by atoms with E-state index in [1.807, 2.05) is 39.0 Å². The molecule has 1 amide bonds. The number of ether oxygens (including phenoxy) is 1. The average molecular weight is 483 g/mol. The van der Waals surface area contributed by atoms with Crippen molar-refractivity contribution in [1.29, 1.82) is 0 Å². The van der Waals surface area contributed by atoms with Crippen molar-refractivity contribution >= 4 is 18.3 Å². The number of carboxylic acid groups (broad SMARTS) is 1. The number of nitrogens with zero attached hydrogens (tertiary/aromatic N) is 1. The summed E-state index contributed by atoms with van der Waals surface area (Å²) in [7, 11) is 0. The zero-order chi connectivity index (χ0) is 25.6. The van der Waals surface area contributed by atoms with Crippen LogP contribution in [0.15, 0.2) is 65.8 Å². The smallest absolute Gasteiger partial charge is 0.323 e. The lowest BCUT2D eigenvalue weighted by atomic mass is 10.0. The van der Waals surface area contributed by atoms with Gasteiger partial charge in [0.2, 0.25) is 6.41 Å². The topological polar surface area (TPSA) is 95.9 Å². The van der Waals surface area contributed by atoms with Crippen molar-refractivity contribution in [2.45, 2.75) is 71.0 Å². The van der Waals surface area contributed by atoms with Gasteiger partial charge in [-0.3, -0.25) is 14.4 Å². The summed E-state index contributed by atoms with van der Waals surface area (Å²) in [5.74, 6) is -1.12. The Balaban J connectivity index is 0.000000247. The molecule has 0 saturated carbocycles. The summed E-state index contributed by atoms with van der Waals surface area (Å²) in [6.07, 6.45) is 13.1. The van der Waals surface area contributed by atoms with Crippen LogP contribution in [0.3, 0.4) is 0 Å². The van der Waals surface area contributed by atoms with Gasteiger partial charge >= 0.3 is 11.9 Å². The summed E-state index contributed by atoms with van der Waals surface area (Å²) in [5, 5.41) is 12.0. The van der Waals surface area contributed by atoms with E-state index in [0.29, 0.717) is 13.0 Å². The van der Waals surface area contributed by atoms with Crippen LogP contribution in [0, 0.1) is 0 Å². The number of carbonyl (C=O) groups is 3. The second-order valence-corrected chi connectivity index (χ2v) is 8.97. The van der Waals surface area contributed by atoms with Crippen molar-refractivity contribution < 1.29 is 24.2 Å². The number of esters is 1. The van der Waals surface area contributed by atoms with Crippen LogP contribution in [0.4, 0.5) is 0 Å². The Kier molecular flexibility index (Phi) is 12.0. The molecular formula is C28H38N2O5. The van der Waals surface area contributed by atoms with Gasteiger partial charge in [-0.05, 0) is 55.7 Å². The number of hydrogen-bond donors (Lipinski definition) is 2. The van der Waals surface area contributed by atoms with Crippen molar-refractivity contribution in [1.82, 2.24) is 10.2 Å². The molecule has 0 spiro atoms. The van der Waals surface area contributed by atoms with Gasteiger partial charge < -0.3 is 20.1 Å². The third-order valence-electron chi connectivity index (χ3n) is 5.83. The fraction of sp³-hybridized carbons (Fsp3) is 0.464. The molecule has 0 aliphatic heterocycles. The molecule has 0 radical (unpaired) electrons. The highest BCUT2D eigenvalue weighted by Gasteiger charge is 2.27. The highest BCUT2D eigenvalue weighted by molar-refractivity contribution is 5.75. The lowest BCUT2D eigenvalue weighted by Crippen LogP contribution is -2.42. The van der Waals surface area contributed by atoms with Gasteiger partial charge in [-0.25, -0.2) is 0 Å². The Bertz CT molecular complexity index is 897. The number of carboxylic acids is 1. The Hall–Kier alpha value is -3.19.